The standard InChI is InChI=1S/C27H48Cl2O6Si2/c1-5-30-36(31-6-2,23-13-11-9-10-12-20-28)34-21-14-22-35-37(32-7-3,33-8-4)24-19-26-15-17-27(25-29)18-16-26/h10,12,15-18H,5-9,11,13-14,19-25H2,1-4H3. The zero-order valence-electron chi connectivity index (χ0n) is 23.3. The van der Waals surface area contributed by atoms with Crippen molar-refractivity contribution in [2.75, 3.05) is 45.5 Å². The minimum Gasteiger partial charge on any atom is -0.374 e. The largest absolute Gasteiger partial charge is 0.501 e. The van der Waals surface area contributed by atoms with E-state index in [9.17, 15) is 0 Å². The van der Waals surface area contributed by atoms with Crippen LogP contribution in [0.4, 0.5) is 0 Å². The first kappa shape index (κ1) is 34.8. The molecule has 0 unspecified atom stereocenters. The van der Waals surface area contributed by atoms with Crippen LogP contribution >= 0.6 is 23.2 Å². The summed E-state index contributed by atoms with van der Waals surface area (Å²) >= 11 is 11.6. The molecule has 0 atom stereocenters. The molecule has 0 aliphatic rings. The van der Waals surface area contributed by atoms with Crippen LogP contribution in [0.2, 0.25) is 12.1 Å². The molecule has 0 fully saturated rings. The van der Waals surface area contributed by atoms with E-state index in [4.69, 9.17) is 49.8 Å². The molecule has 0 heterocycles. The third-order valence-electron chi connectivity index (χ3n) is 5.65. The van der Waals surface area contributed by atoms with E-state index in [0.717, 1.165) is 43.3 Å². The predicted octanol–water partition coefficient (Wildman–Crippen LogP) is 7.38. The Bertz CT molecular complexity index is 697. The van der Waals surface area contributed by atoms with Crippen molar-refractivity contribution in [3.05, 3.63) is 47.5 Å². The van der Waals surface area contributed by atoms with E-state index in [0.29, 0.717) is 57.8 Å². The highest BCUT2D eigenvalue weighted by atomic mass is 35.5. The van der Waals surface area contributed by atoms with Crippen LogP contribution < -0.4 is 0 Å². The van der Waals surface area contributed by atoms with Gasteiger partial charge < -0.3 is 26.6 Å². The van der Waals surface area contributed by atoms with E-state index >= 15 is 0 Å². The number of halogens is 2. The zero-order chi connectivity index (χ0) is 27.2. The number of hydrogen-bond donors (Lipinski definition) is 0. The maximum absolute atomic E-state index is 6.36. The van der Waals surface area contributed by atoms with Crippen molar-refractivity contribution in [1.29, 1.82) is 0 Å². The van der Waals surface area contributed by atoms with Gasteiger partial charge in [-0.1, -0.05) is 36.4 Å². The van der Waals surface area contributed by atoms with E-state index in [1.54, 1.807) is 0 Å². The number of hydrogen-bond acceptors (Lipinski definition) is 6. The van der Waals surface area contributed by atoms with Gasteiger partial charge in [-0.3, -0.25) is 0 Å². The molecule has 10 heteroatoms. The summed E-state index contributed by atoms with van der Waals surface area (Å²) in [6, 6.07) is 9.89. The highest BCUT2D eigenvalue weighted by Gasteiger charge is 2.41. The van der Waals surface area contributed by atoms with Crippen molar-refractivity contribution in [2.24, 2.45) is 0 Å². The highest BCUT2D eigenvalue weighted by molar-refractivity contribution is 6.61. The lowest BCUT2D eigenvalue weighted by Crippen LogP contribution is -2.47. The first-order chi connectivity index (χ1) is 18.0. The fraction of sp³-hybridized carbons (Fsp3) is 0.704. The van der Waals surface area contributed by atoms with Crippen molar-refractivity contribution in [3.8, 4) is 0 Å². The maximum Gasteiger partial charge on any atom is 0.501 e. The Balaban J connectivity index is 2.65. The maximum atomic E-state index is 6.36. The Hall–Kier alpha value is -0.266. The normalized spacial score (nSPS) is 12.6. The first-order valence-corrected chi connectivity index (χ1v) is 18.6. The molecular formula is C27H48Cl2O6Si2. The minimum atomic E-state index is -2.81. The summed E-state index contributed by atoms with van der Waals surface area (Å²) in [6.45, 7) is 11.2. The van der Waals surface area contributed by atoms with Crippen LogP contribution in [0, 0.1) is 0 Å². The molecule has 0 bridgehead atoms. The number of unbranched alkanes of at least 4 members (excludes halogenated alkanes) is 2. The van der Waals surface area contributed by atoms with Crippen LogP contribution in [0.3, 0.4) is 0 Å². The molecule has 0 aliphatic heterocycles. The van der Waals surface area contributed by atoms with Gasteiger partial charge >= 0.3 is 17.6 Å². The Morgan fingerprint density at radius 2 is 1.14 bits per heavy atom. The summed E-state index contributed by atoms with van der Waals surface area (Å²) in [5, 5.41) is 0. The lowest BCUT2D eigenvalue weighted by molar-refractivity contribution is 0.0463. The number of rotatable bonds is 24. The predicted molar refractivity (Wildman–Crippen MR) is 158 cm³/mol. The molecule has 0 amide bonds. The van der Waals surface area contributed by atoms with Crippen LogP contribution in [0.5, 0.6) is 0 Å². The molecular weight excluding hydrogens is 547 g/mol. The Morgan fingerprint density at radius 3 is 1.62 bits per heavy atom. The Kier molecular flexibility index (Phi) is 20.2. The smallest absolute Gasteiger partial charge is 0.374 e. The molecule has 0 aromatic heterocycles. The van der Waals surface area contributed by atoms with Gasteiger partial charge in [-0.15, -0.1) is 23.2 Å². The molecule has 0 saturated carbocycles. The lowest BCUT2D eigenvalue weighted by atomic mass is 10.1. The van der Waals surface area contributed by atoms with Gasteiger partial charge in [0.05, 0.1) is 0 Å². The summed E-state index contributed by atoms with van der Waals surface area (Å²) in [5.74, 6) is 1.07. The van der Waals surface area contributed by atoms with Crippen LogP contribution in [-0.2, 0) is 38.9 Å². The summed E-state index contributed by atoms with van der Waals surface area (Å²) in [5.41, 5.74) is 2.33. The Morgan fingerprint density at radius 1 is 0.622 bits per heavy atom. The molecule has 1 aromatic carbocycles. The topological polar surface area (TPSA) is 55.4 Å². The quantitative estimate of drug-likeness (QED) is 0.0538. The molecule has 1 aromatic rings. The van der Waals surface area contributed by atoms with Crippen LogP contribution in [0.15, 0.2) is 36.4 Å². The Labute approximate surface area is 237 Å². The summed E-state index contributed by atoms with van der Waals surface area (Å²) < 4.78 is 37.1. The SMILES string of the molecule is CCO[Si](CCCCC=CCCl)(OCC)OCCCO[Si](CCc1ccc(CCl)cc1)(OCC)OCC. The molecule has 0 radical (unpaired) electrons. The van der Waals surface area contributed by atoms with Crippen LogP contribution in [-0.4, -0.2) is 63.1 Å². The van der Waals surface area contributed by atoms with Gasteiger partial charge in [-0.25, -0.2) is 0 Å². The molecule has 0 aliphatic carbocycles. The van der Waals surface area contributed by atoms with E-state index in [-0.39, 0.29) is 0 Å². The minimum absolute atomic E-state index is 0.503. The second kappa shape index (κ2) is 21.5. The highest BCUT2D eigenvalue weighted by Crippen LogP contribution is 2.22. The van der Waals surface area contributed by atoms with Gasteiger partial charge in [0.25, 0.3) is 0 Å². The van der Waals surface area contributed by atoms with Crippen molar-refractivity contribution < 1.29 is 26.6 Å². The van der Waals surface area contributed by atoms with Gasteiger partial charge in [0.1, 0.15) is 0 Å². The lowest BCUT2D eigenvalue weighted by Gasteiger charge is -2.30. The second-order valence-electron chi connectivity index (χ2n) is 8.47. The zero-order valence-corrected chi connectivity index (χ0v) is 26.8. The average molecular weight is 596 g/mol. The van der Waals surface area contributed by atoms with Gasteiger partial charge in [0, 0.05) is 63.5 Å². The number of aryl methyl sites for hydroxylation is 1. The summed E-state index contributed by atoms with van der Waals surface area (Å²) in [4.78, 5) is 0. The van der Waals surface area contributed by atoms with E-state index in [1.165, 1.54) is 5.56 Å². The number of benzene rings is 1. The van der Waals surface area contributed by atoms with Gasteiger partial charge in [-0.05, 0) is 70.9 Å². The van der Waals surface area contributed by atoms with Crippen molar-refractivity contribution in [3.63, 3.8) is 0 Å². The van der Waals surface area contributed by atoms with E-state index in [2.05, 4.69) is 30.3 Å². The monoisotopic (exact) mass is 594 g/mol. The van der Waals surface area contributed by atoms with Crippen molar-refractivity contribution in [2.45, 2.75) is 77.8 Å². The van der Waals surface area contributed by atoms with E-state index < -0.39 is 17.6 Å². The molecule has 0 saturated heterocycles. The first-order valence-electron chi connectivity index (χ1n) is 13.7. The van der Waals surface area contributed by atoms with Crippen LogP contribution in [0.1, 0.15) is 64.5 Å². The fourth-order valence-corrected chi connectivity index (χ4v) is 9.57. The van der Waals surface area contributed by atoms with Gasteiger partial charge in [-0.2, -0.15) is 0 Å². The molecule has 0 N–H and O–H groups in total. The van der Waals surface area contributed by atoms with E-state index in [1.807, 2.05) is 33.8 Å². The van der Waals surface area contributed by atoms with Crippen molar-refractivity contribution >= 4 is 40.8 Å². The second-order valence-corrected chi connectivity index (χ2v) is 14.5. The van der Waals surface area contributed by atoms with Gasteiger partial charge in [0.2, 0.25) is 0 Å². The third kappa shape index (κ3) is 14.6. The summed E-state index contributed by atoms with van der Waals surface area (Å²) in [6.07, 6.45) is 8.70. The van der Waals surface area contributed by atoms with Gasteiger partial charge in [0.15, 0.2) is 0 Å². The van der Waals surface area contributed by atoms with Crippen LogP contribution in [0.25, 0.3) is 0 Å². The molecule has 6 nitrogen and oxygen atoms in total. The average Bonchev–Trinajstić information content (AvgIpc) is 2.90. The molecule has 37 heavy (non-hydrogen) atoms. The number of alkyl halides is 2. The molecule has 214 valence electrons. The van der Waals surface area contributed by atoms with Crippen molar-refractivity contribution in [1.82, 2.24) is 0 Å². The summed E-state index contributed by atoms with van der Waals surface area (Å²) in [7, 11) is -5.54. The molecule has 0 spiro atoms. The fourth-order valence-electron chi connectivity index (χ4n) is 3.95. The molecule has 1 rings (SSSR count). The third-order valence-corrected chi connectivity index (χ3v) is 12.2. The number of allylic oxidation sites excluding steroid dienone is 2.